The summed E-state index contributed by atoms with van der Waals surface area (Å²) in [6, 6.07) is 4.48. The Morgan fingerprint density at radius 3 is 2.50 bits per heavy atom. The van der Waals surface area contributed by atoms with Gasteiger partial charge in [0.2, 0.25) is 0 Å². The van der Waals surface area contributed by atoms with E-state index in [1.54, 1.807) is 18.2 Å². The highest BCUT2D eigenvalue weighted by Gasteiger charge is 2.46. The van der Waals surface area contributed by atoms with Crippen LogP contribution in [0.5, 0.6) is 11.5 Å². The molecule has 0 spiro atoms. The van der Waals surface area contributed by atoms with Gasteiger partial charge in [-0.25, -0.2) is 0 Å². The number of methoxy groups -OCH3 is 2. The van der Waals surface area contributed by atoms with Crippen LogP contribution in [0.15, 0.2) is 29.5 Å². The number of hydrogen-bond acceptors (Lipinski definition) is 6. The van der Waals surface area contributed by atoms with Gasteiger partial charge >= 0.3 is 0 Å². The van der Waals surface area contributed by atoms with Crippen molar-refractivity contribution >= 4 is 11.7 Å². The SMILES string of the molecule is COc1ccc([C@H]2C(C(=O)C3CC3)=C(O)C(=O)N2CCCO)cc1OC. The van der Waals surface area contributed by atoms with Crippen LogP contribution in [0.1, 0.15) is 30.9 Å². The first kappa shape index (κ1) is 18.3. The molecule has 0 bridgehead atoms. The minimum atomic E-state index is -0.693. The molecule has 1 atom stereocenters. The molecule has 0 saturated heterocycles. The van der Waals surface area contributed by atoms with Crippen LogP contribution in [0, 0.1) is 5.92 Å². The number of ether oxygens (including phenoxy) is 2. The third-order valence-electron chi connectivity index (χ3n) is 4.80. The molecule has 1 aromatic carbocycles. The molecule has 1 aromatic rings. The lowest BCUT2D eigenvalue weighted by Crippen LogP contribution is -2.32. The molecule has 7 heteroatoms. The summed E-state index contributed by atoms with van der Waals surface area (Å²) in [5.41, 5.74) is 0.796. The second-order valence-corrected chi connectivity index (χ2v) is 6.49. The fraction of sp³-hybridized carbons (Fsp3) is 0.474. The third-order valence-corrected chi connectivity index (χ3v) is 4.80. The Kier molecular flexibility index (Phi) is 5.18. The zero-order chi connectivity index (χ0) is 18.8. The highest BCUT2D eigenvalue weighted by Crippen LogP contribution is 2.44. The average molecular weight is 361 g/mol. The van der Waals surface area contributed by atoms with Crippen molar-refractivity contribution < 1.29 is 29.3 Å². The minimum absolute atomic E-state index is 0.0882. The lowest BCUT2D eigenvalue weighted by Gasteiger charge is -2.27. The van der Waals surface area contributed by atoms with Crippen molar-refractivity contribution in [3.63, 3.8) is 0 Å². The Labute approximate surface area is 151 Å². The van der Waals surface area contributed by atoms with Crippen LogP contribution < -0.4 is 9.47 Å². The van der Waals surface area contributed by atoms with E-state index in [0.717, 1.165) is 12.8 Å². The molecule has 0 radical (unpaired) electrons. The lowest BCUT2D eigenvalue weighted by atomic mass is 9.94. The molecule has 7 nitrogen and oxygen atoms in total. The van der Waals surface area contributed by atoms with Crippen LogP contribution in [-0.2, 0) is 9.59 Å². The van der Waals surface area contributed by atoms with Gasteiger partial charge in [-0.05, 0) is 37.0 Å². The van der Waals surface area contributed by atoms with Gasteiger partial charge in [-0.1, -0.05) is 6.07 Å². The Bertz CT molecular complexity index is 752. The summed E-state index contributed by atoms with van der Waals surface area (Å²) in [5, 5.41) is 19.5. The fourth-order valence-electron chi connectivity index (χ4n) is 3.31. The zero-order valence-electron chi connectivity index (χ0n) is 14.9. The number of carbonyl (C=O) groups excluding carboxylic acids is 2. The van der Waals surface area contributed by atoms with Gasteiger partial charge in [0.25, 0.3) is 5.91 Å². The third kappa shape index (κ3) is 3.14. The molecule has 2 N–H and O–H groups in total. The van der Waals surface area contributed by atoms with E-state index in [2.05, 4.69) is 0 Å². The molecule has 0 aromatic heterocycles. The Hall–Kier alpha value is -2.54. The van der Waals surface area contributed by atoms with E-state index in [1.165, 1.54) is 19.1 Å². The maximum Gasteiger partial charge on any atom is 0.290 e. The molecule has 3 rings (SSSR count). The first-order valence-electron chi connectivity index (χ1n) is 8.64. The summed E-state index contributed by atoms with van der Waals surface area (Å²) in [4.78, 5) is 26.7. The van der Waals surface area contributed by atoms with Crippen molar-refractivity contribution in [1.82, 2.24) is 4.90 Å². The smallest absolute Gasteiger partial charge is 0.290 e. The monoisotopic (exact) mass is 361 g/mol. The zero-order valence-corrected chi connectivity index (χ0v) is 14.9. The van der Waals surface area contributed by atoms with Crippen molar-refractivity contribution in [2.24, 2.45) is 5.92 Å². The average Bonchev–Trinajstić information content (AvgIpc) is 3.47. The summed E-state index contributed by atoms with van der Waals surface area (Å²) in [5.74, 6) is -0.362. The molecular formula is C19H23NO6. The molecule has 1 fully saturated rings. The first-order valence-corrected chi connectivity index (χ1v) is 8.64. The summed E-state index contributed by atoms with van der Waals surface area (Å²) in [6.45, 7) is 0.148. The van der Waals surface area contributed by atoms with Gasteiger partial charge in [-0.15, -0.1) is 0 Å². The Morgan fingerprint density at radius 1 is 1.23 bits per heavy atom. The van der Waals surface area contributed by atoms with Crippen LogP contribution in [0.25, 0.3) is 0 Å². The maximum atomic E-state index is 12.7. The van der Waals surface area contributed by atoms with Gasteiger partial charge < -0.3 is 24.6 Å². The van der Waals surface area contributed by atoms with Crippen LogP contribution in [0.3, 0.4) is 0 Å². The number of benzene rings is 1. The fourth-order valence-corrected chi connectivity index (χ4v) is 3.31. The number of Topliss-reactive ketones (excluding diaryl/α,β-unsaturated/α-hetero) is 1. The largest absolute Gasteiger partial charge is 0.503 e. The van der Waals surface area contributed by atoms with E-state index in [4.69, 9.17) is 14.6 Å². The van der Waals surface area contributed by atoms with Crippen LogP contribution in [0.2, 0.25) is 0 Å². The van der Waals surface area contributed by atoms with E-state index < -0.39 is 17.7 Å². The standard InChI is InChI=1S/C19H23NO6/c1-25-13-7-6-12(10-14(13)26-2)16-15(17(22)11-4-5-11)18(23)19(24)20(16)8-3-9-21/h6-7,10-11,16,21,23H,3-5,8-9H2,1-2H3/t16-/m0/s1. The molecule has 1 saturated carbocycles. The first-order chi connectivity index (χ1) is 12.5. The Morgan fingerprint density at radius 2 is 1.92 bits per heavy atom. The van der Waals surface area contributed by atoms with Crippen LogP contribution in [0.4, 0.5) is 0 Å². The van der Waals surface area contributed by atoms with E-state index in [1.807, 2.05) is 0 Å². The summed E-state index contributed by atoms with van der Waals surface area (Å²) < 4.78 is 10.6. The van der Waals surface area contributed by atoms with Crippen LogP contribution in [-0.4, -0.2) is 54.2 Å². The topological polar surface area (TPSA) is 96.3 Å². The second kappa shape index (κ2) is 7.37. The number of rotatable bonds is 8. The predicted octanol–water partition coefficient (Wildman–Crippen LogP) is 1.76. The quantitative estimate of drug-likeness (QED) is 0.732. The molecule has 140 valence electrons. The Balaban J connectivity index is 2.05. The maximum absolute atomic E-state index is 12.7. The van der Waals surface area contributed by atoms with Gasteiger partial charge in [-0.2, -0.15) is 0 Å². The van der Waals surface area contributed by atoms with Gasteiger partial charge in [0.15, 0.2) is 23.0 Å². The normalized spacial score (nSPS) is 19.9. The van der Waals surface area contributed by atoms with E-state index in [9.17, 15) is 14.7 Å². The molecular weight excluding hydrogens is 338 g/mol. The molecule has 0 unspecified atom stereocenters. The summed E-state index contributed by atoms with van der Waals surface area (Å²) in [6.07, 6.45) is 1.91. The van der Waals surface area contributed by atoms with Crippen molar-refractivity contribution in [3.8, 4) is 11.5 Å². The molecule has 26 heavy (non-hydrogen) atoms. The molecule has 1 aliphatic carbocycles. The number of amides is 1. The molecule has 2 aliphatic rings. The van der Waals surface area contributed by atoms with E-state index >= 15 is 0 Å². The summed E-state index contributed by atoms with van der Waals surface area (Å²) in [7, 11) is 3.03. The van der Waals surface area contributed by atoms with Gasteiger partial charge in [-0.3, -0.25) is 9.59 Å². The lowest BCUT2D eigenvalue weighted by molar-refractivity contribution is -0.129. The van der Waals surface area contributed by atoms with E-state index in [0.29, 0.717) is 23.5 Å². The molecule has 1 heterocycles. The number of aliphatic hydroxyl groups is 2. The van der Waals surface area contributed by atoms with Crippen molar-refractivity contribution in [2.45, 2.75) is 25.3 Å². The number of nitrogens with zero attached hydrogens (tertiary/aromatic N) is 1. The second-order valence-electron chi connectivity index (χ2n) is 6.49. The highest BCUT2D eigenvalue weighted by molar-refractivity contribution is 6.10. The number of hydrogen-bond donors (Lipinski definition) is 2. The van der Waals surface area contributed by atoms with Crippen molar-refractivity contribution in [2.75, 3.05) is 27.4 Å². The van der Waals surface area contributed by atoms with Crippen molar-refractivity contribution in [3.05, 3.63) is 35.1 Å². The van der Waals surface area contributed by atoms with Gasteiger partial charge in [0, 0.05) is 19.1 Å². The minimum Gasteiger partial charge on any atom is -0.503 e. The predicted molar refractivity (Wildman–Crippen MR) is 93.1 cm³/mol. The number of ketones is 1. The number of aliphatic hydroxyl groups excluding tert-OH is 2. The molecule has 1 amide bonds. The highest BCUT2D eigenvalue weighted by atomic mass is 16.5. The van der Waals surface area contributed by atoms with Gasteiger partial charge in [0.1, 0.15) is 0 Å². The summed E-state index contributed by atoms with van der Waals surface area (Å²) >= 11 is 0. The van der Waals surface area contributed by atoms with E-state index in [-0.39, 0.29) is 30.4 Å². The molecule has 1 aliphatic heterocycles. The van der Waals surface area contributed by atoms with Crippen LogP contribution >= 0.6 is 0 Å². The van der Waals surface area contributed by atoms with Crippen molar-refractivity contribution in [1.29, 1.82) is 0 Å². The van der Waals surface area contributed by atoms with Gasteiger partial charge in [0.05, 0.1) is 25.8 Å². The number of carbonyl (C=O) groups is 2.